The summed E-state index contributed by atoms with van der Waals surface area (Å²) in [4.78, 5) is 14.3. The fourth-order valence-corrected chi connectivity index (χ4v) is 3.29. The van der Waals surface area contributed by atoms with Crippen molar-refractivity contribution in [1.29, 1.82) is 0 Å². The van der Waals surface area contributed by atoms with E-state index in [1.54, 1.807) is 7.11 Å². The molecule has 1 amide bonds. The van der Waals surface area contributed by atoms with Gasteiger partial charge in [-0.1, -0.05) is 41.7 Å². The Hall–Kier alpha value is -1.87. The minimum absolute atomic E-state index is 0.00239. The van der Waals surface area contributed by atoms with Gasteiger partial charge in [-0.05, 0) is 5.56 Å². The average molecular weight is 348 g/mol. The van der Waals surface area contributed by atoms with Crippen molar-refractivity contribution < 1.29 is 14.3 Å². The van der Waals surface area contributed by atoms with Gasteiger partial charge in [0.05, 0.1) is 19.3 Å². The Bertz CT molecular complexity index is 664. The molecule has 1 fully saturated rings. The number of methoxy groups -OCH3 is 1. The highest BCUT2D eigenvalue weighted by molar-refractivity contribution is 7.15. The molecule has 7 nitrogen and oxygen atoms in total. The van der Waals surface area contributed by atoms with Gasteiger partial charge in [0.15, 0.2) is 0 Å². The maximum Gasteiger partial charge on any atom is 0.240 e. The van der Waals surface area contributed by atoms with Crippen LogP contribution in [0.25, 0.3) is 0 Å². The summed E-state index contributed by atoms with van der Waals surface area (Å²) in [5.74, 6) is -0.0937. The van der Waals surface area contributed by atoms with Crippen LogP contribution in [0.4, 0.5) is 5.13 Å². The third-order valence-corrected chi connectivity index (χ3v) is 4.48. The Balaban J connectivity index is 1.52. The molecule has 1 atom stereocenters. The SMILES string of the molecule is COCc1nnc(NC(=O)CN2CCOC(c3ccccc3)C2)s1. The van der Waals surface area contributed by atoms with Crippen molar-refractivity contribution in [2.75, 3.05) is 38.7 Å². The first kappa shape index (κ1) is 17.0. The molecule has 1 saturated heterocycles. The van der Waals surface area contributed by atoms with Crippen LogP contribution < -0.4 is 5.32 Å². The molecule has 1 aromatic heterocycles. The van der Waals surface area contributed by atoms with Crippen molar-refractivity contribution in [2.24, 2.45) is 0 Å². The van der Waals surface area contributed by atoms with Gasteiger partial charge in [0.1, 0.15) is 11.6 Å². The smallest absolute Gasteiger partial charge is 0.240 e. The minimum Gasteiger partial charge on any atom is -0.377 e. The van der Waals surface area contributed by atoms with Crippen molar-refractivity contribution in [3.63, 3.8) is 0 Å². The fraction of sp³-hybridized carbons (Fsp3) is 0.438. The molecule has 2 heterocycles. The maximum atomic E-state index is 12.2. The van der Waals surface area contributed by atoms with Crippen LogP contribution in [-0.4, -0.2) is 54.4 Å². The maximum absolute atomic E-state index is 12.2. The van der Waals surface area contributed by atoms with E-state index in [0.29, 0.717) is 31.4 Å². The number of hydrogen-bond acceptors (Lipinski definition) is 7. The average Bonchev–Trinajstić information content (AvgIpc) is 3.03. The van der Waals surface area contributed by atoms with Gasteiger partial charge < -0.3 is 9.47 Å². The lowest BCUT2D eigenvalue weighted by molar-refractivity contribution is -0.119. The summed E-state index contributed by atoms with van der Waals surface area (Å²) in [6.45, 7) is 2.76. The molecule has 3 rings (SSSR count). The van der Waals surface area contributed by atoms with Crippen LogP contribution in [0.5, 0.6) is 0 Å². The van der Waals surface area contributed by atoms with E-state index in [9.17, 15) is 4.79 Å². The Morgan fingerprint density at radius 2 is 2.25 bits per heavy atom. The number of nitrogens with one attached hydrogen (secondary N) is 1. The quantitative estimate of drug-likeness (QED) is 0.856. The largest absolute Gasteiger partial charge is 0.377 e. The van der Waals surface area contributed by atoms with Crippen LogP contribution in [0, 0.1) is 0 Å². The predicted molar refractivity (Wildman–Crippen MR) is 90.8 cm³/mol. The Morgan fingerprint density at radius 3 is 3.04 bits per heavy atom. The van der Waals surface area contributed by atoms with Crippen LogP contribution in [0.1, 0.15) is 16.7 Å². The molecular formula is C16H20N4O3S. The topological polar surface area (TPSA) is 76.6 Å². The summed E-state index contributed by atoms with van der Waals surface area (Å²) >= 11 is 1.32. The molecule has 1 unspecified atom stereocenters. The van der Waals surface area contributed by atoms with Gasteiger partial charge in [0.25, 0.3) is 0 Å². The van der Waals surface area contributed by atoms with Crippen LogP contribution in [0.2, 0.25) is 0 Å². The summed E-state index contributed by atoms with van der Waals surface area (Å²) in [5.41, 5.74) is 1.14. The molecule has 24 heavy (non-hydrogen) atoms. The number of aromatic nitrogens is 2. The van der Waals surface area contributed by atoms with Gasteiger partial charge >= 0.3 is 0 Å². The molecule has 8 heteroatoms. The second kappa shape index (κ2) is 8.29. The van der Waals surface area contributed by atoms with E-state index in [2.05, 4.69) is 20.4 Å². The Kier molecular flexibility index (Phi) is 5.86. The lowest BCUT2D eigenvalue weighted by atomic mass is 10.1. The summed E-state index contributed by atoms with van der Waals surface area (Å²) in [7, 11) is 1.60. The van der Waals surface area contributed by atoms with Crippen molar-refractivity contribution in [3.05, 3.63) is 40.9 Å². The molecule has 1 N–H and O–H groups in total. The van der Waals surface area contributed by atoms with Gasteiger partial charge in [-0.25, -0.2) is 0 Å². The summed E-state index contributed by atoms with van der Waals surface area (Å²) in [6, 6.07) is 10.1. The molecule has 0 bridgehead atoms. The standard InChI is InChI=1S/C16H20N4O3S/c1-22-11-15-18-19-16(24-15)17-14(21)10-20-7-8-23-13(9-20)12-5-3-2-4-6-12/h2-6,13H,7-11H2,1H3,(H,17,19,21). The van der Waals surface area contributed by atoms with Gasteiger partial charge in [-0.2, -0.15) is 0 Å². The van der Waals surface area contributed by atoms with Gasteiger partial charge in [0, 0.05) is 20.2 Å². The summed E-state index contributed by atoms with van der Waals surface area (Å²) in [5, 5.41) is 11.9. The third-order valence-electron chi connectivity index (χ3n) is 3.67. The van der Waals surface area contributed by atoms with Crippen LogP contribution in [0.15, 0.2) is 30.3 Å². The van der Waals surface area contributed by atoms with Crippen LogP contribution in [0.3, 0.4) is 0 Å². The van der Waals surface area contributed by atoms with E-state index in [1.165, 1.54) is 11.3 Å². The number of rotatable bonds is 6. The van der Waals surface area contributed by atoms with E-state index in [4.69, 9.17) is 9.47 Å². The van der Waals surface area contributed by atoms with Crippen LogP contribution in [-0.2, 0) is 20.9 Å². The lowest BCUT2D eigenvalue weighted by Gasteiger charge is -2.32. The molecule has 0 saturated carbocycles. The van der Waals surface area contributed by atoms with Crippen molar-refractivity contribution in [1.82, 2.24) is 15.1 Å². The zero-order valence-electron chi connectivity index (χ0n) is 13.5. The molecule has 0 radical (unpaired) electrons. The van der Waals surface area contributed by atoms with E-state index >= 15 is 0 Å². The van der Waals surface area contributed by atoms with Gasteiger partial charge in [-0.3, -0.25) is 15.0 Å². The molecule has 1 aliphatic rings. The number of carbonyl (C=O) groups is 1. The zero-order valence-corrected chi connectivity index (χ0v) is 14.3. The fourth-order valence-electron chi connectivity index (χ4n) is 2.56. The monoisotopic (exact) mass is 348 g/mol. The number of carbonyl (C=O) groups excluding carboxylic acids is 1. The number of ether oxygens (including phenoxy) is 2. The van der Waals surface area contributed by atoms with Gasteiger partial charge in [0.2, 0.25) is 11.0 Å². The molecule has 1 aromatic carbocycles. The molecule has 0 aliphatic carbocycles. The number of hydrogen-bond donors (Lipinski definition) is 1. The first-order valence-corrected chi connectivity index (χ1v) is 8.56. The first-order chi connectivity index (χ1) is 11.7. The number of benzene rings is 1. The highest BCUT2D eigenvalue weighted by Crippen LogP contribution is 2.22. The normalized spacial score (nSPS) is 18.5. The van der Waals surface area contributed by atoms with Crippen LogP contribution >= 0.6 is 11.3 Å². The molecule has 2 aromatic rings. The Morgan fingerprint density at radius 1 is 1.42 bits per heavy atom. The van der Waals surface area contributed by atoms with Crippen molar-refractivity contribution in [2.45, 2.75) is 12.7 Å². The molecule has 1 aliphatic heterocycles. The zero-order chi connectivity index (χ0) is 16.8. The summed E-state index contributed by atoms with van der Waals surface area (Å²) < 4.78 is 10.8. The lowest BCUT2D eigenvalue weighted by Crippen LogP contribution is -2.42. The second-order valence-electron chi connectivity index (χ2n) is 5.49. The van der Waals surface area contributed by atoms with E-state index in [1.807, 2.05) is 30.3 Å². The number of morpholine rings is 1. The van der Waals surface area contributed by atoms with E-state index < -0.39 is 0 Å². The number of amides is 1. The third kappa shape index (κ3) is 4.57. The van der Waals surface area contributed by atoms with Crippen molar-refractivity contribution >= 4 is 22.4 Å². The van der Waals surface area contributed by atoms with E-state index in [0.717, 1.165) is 17.1 Å². The molecule has 0 spiro atoms. The van der Waals surface area contributed by atoms with Crippen molar-refractivity contribution in [3.8, 4) is 0 Å². The molecular weight excluding hydrogens is 328 g/mol. The number of nitrogens with zero attached hydrogens (tertiary/aromatic N) is 3. The van der Waals surface area contributed by atoms with E-state index in [-0.39, 0.29) is 12.0 Å². The highest BCUT2D eigenvalue weighted by atomic mass is 32.1. The first-order valence-electron chi connectivity index (χ1n) is 7.74. The second-order valence-corrected chi connectivity index (χ2v) is 6.55. The minimum atomic E-state index is -0.0937. The predicted octanol–water partition coefficient (Wildman–Crippen LogP) is 1.70. The number of anilines is 1. The molecule has 128 valence electrons. The highest BCUT2D eigenvalue weighted by Gasteiger charge is 2.23. The van der Waals surface area contributed by atoms with Gasteiger partial charge in [-0.15, -0.1) is 10.2 Å². The Labute approximate surface area is 144 Å². The summed E-state index contributed by atoms with van der Waals surface area (Å²) in [6.07, 6.45) is 0.00239.